The van der Waals surface area contributed by atoms with Gasteiger partial charge in [-0.25, -0.2) is 39.9 Å². The first-order valence-electron chi connectivity index (χ1n) is 48.7. The Balaban J connectivity index is 0.000000114. The molecule has 0 radical (unpaired) electrons. The van der Waals surface area contributed by atoms with Crippen LogP contribution in [0.15, 0.2) is 517 Å². The minimum Gasteiger partial charge on any atom is -0.265 e. The van der Waals surface area contributed by atoms with Gasteiger partial charge in [0.2, 0.25) is 0 Å². The van der Waals surface area contributed by atoms with Crippen LogP contribution in [-0.2, 0) is 0 Å². The molecule has 0 spiro atoms. The third-order valence-electron chi connectivity index (χ3n) is 27.1. The summed E-state index contributed by atoms with van der Waals surface area (Å²) in [7, 11) is 0. The number of fused-ring (bicyclic) bond motifs is 12. The summed E-state index contributed by atoms with van der Waals surface area (Å²) in [5.74, 6) is 0.703. The summed E-state index contributed by atoms with van der Waals surface area (Å²) < 4.78 is 0. The van der Waals surface area contributed by atoms with E-state index in [4.69, 9.17) is 39.9 Å². The Hall–Kier alpha value is -19.9. The maximum Gasteiger partial charge on any atom is 0.160 e. The van der Waals surface area contributed by atoms with Gasteiger partial charge in [-0.2, -0.15) is 0 Å². The second kappa shape index (κ2) is 39.1. The fourth-order valence-corrected chi connectivity index (χ4v) is 20.1. The fraction of sp³-hybridized carbons (Fsp3) is 0. The second-order valence-electron chi connectivity index (χ2n) is 35.8. The van der Waals surface area contributed by atoms with Gasteiger partial charge in [0, 0.05) is 164 Å². The van der Waals surface area contributed by atoms with E-state index in [1.165, 1.54) is 16.2 Å². The van der Waals surface area contributed by atoms with Crippen molar-refractivity contribution in [3.8, 4) is 180 Å². The molecule has 13 heteroatoms. The van der Waals surface area contributed by atoms with Gasteiger partial charge in [0.1, 0.15) is 0 Å². The van der Waals surface area contributed by atoms with E-state index in [2.05, 4.69) is 383 Å². The van der Waals surface area contributed by atoms with E-state index in [1.807, 2.05) is 146 Å². The van der Waals surface area contributed by atoms with Crippen LogP contribution in [-0.4, -0.2) is 64.8 Å². The molecule has 0 fully saturated rings. The van der Waals surface area contributed by atoms with Gasteiger partial charge in [-0.3, -0.25) is 24.9 Å². The van der Waals surface area contributed by atoms with E-state index < -0.39 is 0 Å². The van der Waals surface area contributed by atoms with Crippen LogP contribution in [0, 0.1) is 0 Å². The second-order valence-corrected chi connectivity index (χ2v) is 35.8. The standard InChI is InChI=1S/C46H30N4.C45H29N5.C42H26N4/c1-4-12-33(13-5-1)41-30-42(49-46(48-41)36-16-8-3-9-17-36)34-24-22-31(23-25-34)38-19-11-21-40-43-37(32-26-28-47-29-27-32)18-10-20-39(43)44(50-45(38)40)35-14-6-2-7-15-35;1-2-10-33(11-3-1)44-37-14-8-12-35(32-22-26-46-27-23-32)43(37)38-15-9-13-36(45(38)50-44)31-20-18-30(19-21-31)34-28-41(39-16-4-6-24-47-39)49-42(29-34)40-17-5-7-25-48-40;1-3-9-28(10-4-1)36-21-19-30-17-18-31-20-22-37(45-41(31)40(30)44-36)33-14-8-16-35-38-32(27-23-25-43-26-24-27)13-7-15-34(38)39(46-42(33)35)29-11-5-2-6-12-29/h1-30H;1-29H;1-26H. The lowest BCUT2D eigenvalue weighted by Crippen LogP contribution is -1.96. The molecular formula is C133H85N13. The van der Waals surface area contributed by atoms with Crippen molar-refractivity contribution < 1.29 is 0 Å². The molecule has 0 aliphatic heterocycles. The number of aromatic nitrogens is 13. The highest BCUT2D eigenvalue weighted by Gasteiger charge is 2.25. The lowest BCUT2D eigenvalue weighted by Gasteiger charge is -2.16. The van der Waals surface area contributed by atoms with Crippen LogP contribution < -0.4 is 0 Å². The van der Waals surface area contributed by atoms with Gasteiger partial charge in [0.25, 0.3) is 0 Å². The van der Waals surface area contributed by atoms with Crippen molar-refractivity contribution in [1.29, 1.82) is 0 Å². The summed E-state index contributed by atoms with van der Waals surface area (Å²) in [5.41, 5.74) is 36.0. The van der Waals surface area contributed by atoms with E-state index in [9.17, 15) is 0 Å². The predicted molar refractivity (Wildman–Crippen MR) is 598 cm³/mol. The molecule has 12 aromatic heterocycles. The van der Waals surface area contributed by atoms with E-state index >= 15 is 0 Å². The molecule has 15 aromatic carbocycles. The first-order chi connectivity index (χ1) is 72.4. The molecule has 13 nitrogen and oxygen atoms in total. The number of nitrogens with zero attached hydrogens (tertiary/aromatic N) is 13. The number of benzene rings is 15. The van der Waals surface area contributed by atoms with Gasteiger partial charge >= 0.3 is 0 Å². The highest BCUT2D eigenvalue weighted by Crippen LogP contribution is 2.48. The minimum atomic E-state index is 0.703. The molecule has 27 rings (SSSR count). The topological polar surface area (TPSA) is 168 Å². The Morgan fingerprint density at radius 2 is 0.432 bits per heavy atom. The van der Waals surface area contributed by atoms with Crippen LogP contribution in [0.2, 0.25) is 0 Å². The summed E-state index contributed by atoms with van der Waals surface area (Å²) in [6.07, 6.45) is 14.7. The van der Waals surface area contributed by atoms with E-state index in [0.717, 1.165) is 245 Å². The number of hydrogen-bond acceptors (Lipinski definition) is 13. The zero-order chi connectivity index (χ0) is 97.0. The third kappa shape index (κ3) is 17.2. The normalized spacial score (nSPS) is 11.3. The van der Waals surface area contributed by atoms with Crippen molar-refractivity contribution in [2.45, 2.75) is 0 Å². The molecule has 12 heterocycles. The van der Waals surface area contributed by atoms with Crippen molar-refractivity contribution in [1.82, 2.24) is 64.8 Å². The molecule has 0 unspecified atom stereocenters. The quantitative estimate of drug-likeness (QED) is 0.0839. The van der Waals surface area contributed by atoms with Gasteiger partial charge in [0.05, 0.1) is 90.2 Å². The monoisotopic (exact) mass is 1860 g/mol. The first-order valence-corrected chi connectivity index (χ1v) is 48.7. The van der Waals surface area contributed by atoms with Crippen molar-refractivity contribution in [3.05, 3.63) is 517 Å². The van der Waals surface area contributed by atoms with Gasteiger partial charge in [-0.05, 0) is 147 Å². The average Bonchev–Trinajstić information content (AvgIpc) is 0.772. The van der Waals surface area contributed by atoms with Crippen LogP contribution in [0.3, 0.4) is 0 Å². The van der Waals surface area contributed by atoms with Crippen molar-refractivity contribution in [2.75, 3.05) is 0 Å². The molecule has 146 heavy (non-hydrogen) atoms. The van der Waals surface area contributed by atoms with E-state index in [0.29, 0.717) is 5.82 Å². The molecule has 0 saturated heterocycles. The number of hydrogen-bond donors (Lipinski definition) is 0. The van der Waals surface area contributed by atoms with Crippen LogP contribution in [0.4, 0.5) is 0 Å². The highest BCUT2D eigenvalue weighted by molar-refractivity contribution is 6.23. The van der Waals surface area contributed by atoms with Crippen LogP contribution in [0.1, 0.15) is 0 Å². The third-order valence-corrected chi connectivity index (χ3v) is 27.1. The van der Waals surface area contributed by atoms with Crippen LogP contribution >= 0.6 is 0 Å². The number of rotatable bonds is 16. The molecule has 0 amide bonds. The van der Waals surface area contributed by atoms with E-state index in [1.54, 1.807) is 12.4 Å². The summed E-state index contributed by atoms with van der Waals surface area (Å²) >= 11 is 0. The largest absolute Gasteiger partial charge is 0.265 e. The zero-order valence-corrected chi connectivity index (χ0v) is 78.9. The van der Waals surface area contributed by atoms with Gasteiger partial charge in [0.15, 0.2) is 5.82 Å². The molecule has 0 saturated carbocycles. The zero-order valence-electron chi connectivity index (χ0n) is 78.9. The summed E-state index contributed by atoms with van der Waals surface area (Å²) in [4.78, 5) is 63.7. The predicted octanol–water partition coefficient (Wildman–Crippen LogP) is 33.1. The Kier molecular flexibility index (Phi) is 23.4. The Morgan fingerprint density at radius 1 is 0.130 bits per heavy atom. The number of pyridine rings is 11. The minimum absolute atomic E-state index is 0.703. The molecule has 682 valence electrons. The van der Waals surface area contributed by atoms with Crippen molar-refractivity contribution in [3.63, 3.8) is 0 Å². The molecule has 0 aliphatic rings. The molecular weight excluding hydrogens is 1780 g/mol. The summed E-state index contributed by atoms with van der Waals surface area (Å²) in [5, 5.41) is 12.3. The van der Waals surface area contributed by atoms with Gasteiger partial charge in [-0.15, -0.1) is 0 Å². The average molecular weight is 1870 g/mol. The molecule has 0 bridgehead atoms. The van der Waals surface area contributed by atoms with Gasteiger partial charge in [-0.1, -0.05) is 376 Å². The maximum absolute atomic E-state index is 5.42. The van der Waals surface area contributed by atoms with Crippen molar-refractivity contribution >= 4 is 86.8 Å². The smallest absolute Gasteiger partial charge is 0.160 e. The maximum atomic E-state index is 5.42. The Morgan fingerprint density at radius 3 is 0.822 bits per heavy atom. The summed E-state index contributed by atoms with van der Waals surface area (Å²) in [6, 6.07) is 162. The van der Waals surface area contributed by atoms with Crippen molar-refractivity contribution in [2.24, 2.45) is 0 Å². The van der Waals surface area contributed by atoms with Crippen LogP contribution in [0.5, 0.6) is 0 Å². The lowest BCUT2D eigenvalue weighted by molar-refractivity contribution is 1.18. The van der Waals surface area contributed by atoms with E-state index in [-0.39, 0.29) is 0 Å². The Bertz CT molecular complexity index is 9040. The molecule has 27 aromatic rings. The SMILES string of the molecule is c1ccc(-c2cc(-c3ccc(-c4cccc5c4nc(-c4ccccc4)c4cccc(-c6ccncc6)c45)cc3)nc(-c3ccccc3)n2)cc1.c1ccc(-c2ccc3ccc4ccc(-c5cccc6c5nc(-c5ccccc5)c5cccc(-c7ccncc7)c56)nc4c3n2)cc1.c1ccc(-c2nc3c(-c4ccc(-c5cc(-c6ccccn6)nc(-c6ccccn6)c5)cc4)cccc3c3c(-c4ccncc4)cccc23)cc1. The molecule has 0 aliphatic carbocycles. The molecule has 0 atom stereocenters. The first kappa shape index (κ1) is 87.6. The molecule has 0 N–H and O–H groups in total. The number of para-hydroxylation sites is 3. The Labute approximate surface area is 842 Å². The highest BCUT2D eigenvalue weighted by atomic mass is 14.9. The van der Waals surface area contributed by atoms with Crippen LogP contribution in [0.25, 0.3) is 267 Å². The lowest BCUT2D eigenvalue weighted by atomic mass is 9.91. The fourth-order valence-electron chi connectivity index (χ4n) is 20.1. The summed E-state index contributed by atoms with van der Waals surface area (Å²) in [6.45, 7) is 0. The van der Waals surface area contributed by atoms with Gasteiger partial charge < -0.3 is 0 Å².